The van der Waals surface area contributed by atoms with Gasteiger partial charge in [-0.2, -0.15) is 0 Å². The Morgan fingerprint density at radius 3 is 2.81 bits per heavy atom. The van der Waals surface area contributed by atoms with Gasteiger partial charge in [0.2, 0.25) is 0 Å². The average molecular weight is 438 g/mol. The average Bonchev–Trinajstić information content (AvgIpc) is 3.40. The van der Waals surface area contributed by atoms with Crippen molar-refractivity contribution < 1.29 is 4.74 Å². The lowest BCUT2D eigenvalue weighted by Gasteiger charge is -2.18. The molecule has 3 heterocycles. The smallest absolute Gasteiger partial charge is 0.262 e. The van der Waals surface area contributed by atoms with E-state index in [-0.39, 0.29) is 5.56 Å². The van der Waals surface area contributed by atoms with Crippen LogP contribution in [0.5, 0.6) is 5.75 Å². The molecule has 2 aromatic heterocycles. The number of ether oxygens (including phenoxy) is 1. The lowest BCUT2D eigenvalue weighted by molar-refractivity contribution is 0.290. The number of hydrogen-bond acceptors (Lipinski definition) is 5. The van der Waals surface area contributed by atoms with Gasteiger partial charge in [-0.25, -0.2) is 4.98 Å². The molecular formula is C25H31N3O2S. The Morgan fingerprint density at radius 2 is 1.97 bits per heavy atom. The standard InChI is InChI=1S/C25H31N3O2S/c1-18-8-6-9-19(16-18)30-15-7-14-28-22(17-27-12-4-5-13-27)26-24-23(25(28)29)20-10-2-3-11-21(20)31-24/h6,8-9,16H,2-5,7,10-15,17H2,1H3. The van der Waals surface area contributed by atoms with E-state index in [1.165, 1.54) is 41.7 Å². The summed E-state index contributed by atoms with van der Waals surface area (Å²) in [6.07, 6.45) is 7.80. The molecule has 3 aromatic rings. The summed E-state index contributed by atoms with van der Waals surface area (Å²) in [5, 5.41) is 0.893. The third-order valence-electron chi connectivity index (χ3n) is 6.50. The molecule has 1 fully saturated rings. The highest BCUT2D eigenvalue weighted by Crippen LogP contribution is 2.34. The predicted molar refractivity (Wildman–Crippen MR) is 126 cm³/mol. The van der Waals surface area contributed by atoms with Crippen molar-refractivity contribution in [2.24, 2.45) is 0 Å². The summed E-state index contributed by atoms with van der Waals surface area (Å²) in [7, 11) is 0. The topological polar surface area (TPSA) is 47.4 Å². The first kappa shape index (κ1) is 20.7. The van der Waals surface area contributed by atoms with Crippen LogP contribution in [0, 0.1) is 6.92 Å². The molecule has 0 spiro atoms. The van der Waals surface area contributed by atoms with E-state index in [0.29, 0.717) is 13.2 Å². The van der Waals surface area contributed by atoms with Crippen molar-refractivity contribution in [1.29, 1.82) is 0 Å². The Kier molecular flexibility index (Phi) is 6.10. The zero-order valence-corrected chi connectivity index (χ0v) is 19.2. The molecule has 0 unspecified atom stereocenters. The number of hydrogen-bond donors (Lipinski definition) is 0. The van der Waals surface area contributed by atoms with Crippen LogP contribution in [0.4, 0.5) is 0 Å². The summed E-state index contributed by atoms with van der Waals surface area (Å²) in [5.41, 5.74) is 2.63. The minimum absolute atomic E-state index is 0.161. The van der Waals surface area contributed by atoms with Crippen LogP contribution in [-0.2, 0) is 25.9 Å². The van der Waals surface area contributed by atoms with Crippen LogP contribution in [0.1, 0.15) is 53.9 Å². The molecular weight excluding hydrogens is 406 g/mol. The van der Waals surface area contributed by atoms with Gasteiger partial charge >= 0.3 is 0 Å². The van der Waals surface area contributed by atoms with Crippen molar-refractivity contribution in [3.05, 3.63) is 56.4 Å². The minimum Gasteiger partial charge on any atom is -0.494 e. The monoisotopic (exact) mass is 437 g/mol. The fraction of sp³-hybridized carbons (Fsp3) is 0.520. The van der Waals surface area contributed by atoms with Crippen molar-refractivity contribution in [3.63, 3.8) is 0 Å². The second kappa shape index (κ2) is 9.13. The highest BCUT2D eigenvalue weighted by Gasteiger charge is 2.23. The van der Waals surface area contributed by atoms with Gasteiger partial charge in [0.05, 0.1) is 18.5 Å². The summed E-state index contributed by atoms with van der Waals surface area (Å²) in [5.74, 6) is 1.82. The molecule has 0 saturated carbocycles. The van der Waals surface area contributed by atoms with E-state index < -0.39 is 0 Å². The number of benzene rings is 1. The summed E-state index contributed by atoms with van der Waals surface area (Å²) in [6, 6.07) is 8.12. The quantitative estimate of drug-likeness (QED) is 0.502. The van der Waals surface area contributed by atoms with Gasteiger partial charge in [-0.15, -0.1) is 11.3 Å². The van der Waals surface area contributed by atoms with Crippen LogP contribution in [0.15, 0.2) is 29.1 Å². The molecule has 5 nitrogen and oxygen atoms in total. The van der Waals surface area contributed by atoms with Gasteiger partial charge in [0.25, 0.3) is 5.56 Å². The van der Waals surface area contributed by atoms with Gasteiger partial charge < -0.3 is 4.74 Å². The number of fused-ring (bicyclic) bond motifs is 3. The summed E-state index contributed by atoms with van der Waals surface area (Å²) >= 11 is 1.75. The van der Waals surface area contributed by atoms with Gasteiger partial charge in [-0.1, -0.05) is 12.1 Å². The third kappa shape index (κ3) is 4.41. The second-order valence-electron chi connectivity index (χ2n) is 8.88. The normalized spacial score (nSPS) is 16.7. The molecule has 0 amide bonds. The molecule has 1 aliphatic heterocycles. The molecule has 0 N–H and O–H groups in total. The van der Waals surface area contributed by atoms with Crippen LogP contribution in [0.2, 0.25) is 0 Å². The second-order valence-corrected chi connectivity index (χ2v) is 9.96. The van der Waals surface area contributed by atoms with E-state index in [1.807, 2.05) is 16.7 Å². The fourth-order valence-corrected chi connectivity index (χ4v) is 6.16. The summed E-state index contributed by atoms with van der Waals surface area (Å²) < 4.78 is 7.89. The Balaban J connectivity index is 1.41. The molecule has 6 heteroatoms. The first-order valence-corrected chi connectivity index (χ1v) is 12.5. The largest absolute Gasteiger partial charge is 0.494 e. The number of thiophene rings is 1. The first-order valence-electron chi connectivity index (χ1n) is 11.6. The van der Waals surface area contributed by atoms with Gasteiger partial charge in [0.15, 0.2) is 0 Å². The lowest BCUT2D eigenvalue weighted by Crippen LogP contribution is -2.30. The van der Waals surface area contributed by atoms with E-state index in [0.717, 1.165) is 60.7 Å². The third-order valence-corrected chi connectivity index (χ3v) is 7.69. The molecule has 164 valence electrons. The van der Waals surface area contributed by atoms with Gasteiger partial charge in [-0.05, 0) is 88.2 Å². The van der Waals surface area contributed by atoms with E-state index in [2.05, 4.69) is 24.0 Å². The maximum atomic E-state index is 13.6. The molecule has 0 radical (unpaired) electrons. The van der Waals surface area contributed by atoms with Crippen LogP contribution in [0.3, 0.4) is 0 Å². The Morgan fingerprint density at radius 1 is 1.13 bits per heavy atom. The number of likely N-dealkylation sites (tertiary alicyclic amines) is 1. The maximum Gasteiger partial charge on any atom is 0.262 e. The maximum absolute atomic E-state index is 13.6. The molecule has 0 bridgehead atoms. The van der Waals surface area contributed by atoms with Crippen molar-refractivity contribution >= 4 is 21.6 Å². The number of aryl methyl sites for hydroxylation is 3. The minimum atomic E-state index is 0.161. The molecule has 0 atom stereocenters. The van der Waals surface area contributed by atoms with Crippen LogP contribution in [-0.4, -0.2) is 34.1 Å². The van der Waals surface area contributed by atoms with E-state index >= 15 is 0 Å². The highest BCUT2D eigenvalue weighted by atomic mass is 32.1. The number of aromatic nitrogens is 2. The Bertz CT molecular complexity index is 1130. The van der Waals surface area contributed by atoms with Crippen molar-refractivity contribution in [3.8, 4) is 5.75 Å². The zero-order chi connectivity index (χ0) is 21.2. The first-order chi connectivity index (χ1) is 15.2. The van der Waals surface area contributed by atoms with Crippen molar-refractivity contribution in [2.45, 2.75) is 65.0 Å². The molecule has 1 saturated heterocycles. The highest BCUT2D eigenvalue weighted by molar-refractivity contribution is 7.18. The van der Waals surface area contributed by atoms with E-state index in [1.54, 1.807) is 11.3 Å². The molecule has 5 rings (SSSR count). The van der Waals surface area contributed by atoms with E-state index in [4.69, 9.17) is 9.72 Å². The van der Waals surface area contributed by atoms with Crippen molar-refractivity contribution in [1.82, 2.24) is 14.5 Å². The van der Waals surface area contributed by atoms with Crippen molar-refractivity contribution in [2.75, 3.05) is 19.7 Å². The predicted octanol–water partition coefficient (Wildman–Crippen LogP) is 4.71. The Labute approximate surface area is 187 Å². The zero-order valence-electron chi connectivity index (χ0n) is 18.4. The fourth-order valence-electron chi connectivity index (χ4n) is 4.89. The van der Waals surface area contributed by atoms with Gasteiger partial charge in [0.1, 0.15) is 16.4 Å². The van der Waals surface area contributed by atoms with E-state index in [9.17, 15) is 4.79 Å². The summed E-state index contributed by atoms with van der Waals surface area (Å²) in [4.78, 5) is 23.5. The number of rotatable bonds is 7. The molecule has 1 aliphatic carbocycles. The number of nitrogens with zero attached hydrogens (tertiary/aromatic N) is 3. The molecule has 2 aliphatic rings. The van der Waals surface area contributed by atoms with Gasteiger partial charge in [0, 0.05) is 11.4 Å². The van der Waals surface area contributed by atoms with Crippen LogP contribution < -0.4 is 10.3 Å². The Hall–Kier alpha value is -2.18. The van der Waals surface area contributed by atoms with Crippen LogP contribution in [0.25, 0.3) is 10.2 Å². The molecule has 31 heavy (non-hydrogen) atoms. The SMILES string of the molecule is Cc1cccc(OCCCn2c(CN3CCCC3)nc3sc4c(c3c2=O)CCCC4)c1. The van der Waals surface area contributed by atoms with Crippen LogP contribution >= 0.6 is 11.3 Å². The summed E-state index contributed by atoms with van der Waals surface area (Å²) in [6.45, 7) is 6.29. The lowest BCUT2D eigenvalue weighted by atomic mass is 9.97. The van der Waals surface area contributed by atoms with Gasteiger partial charge in [-0.3, -0.25) is 14.3 Å². The molecule has 1 aromatic carbocycles.